The zero-order valence-corrected chi connectivity index (χ0v) is 9.67. The lowest BCUT2D eigenvalue weighted by atomic mass is 9.88. The number of nitrogens with one attached hydrogen (secondary N) is 1. The standard InChI is InChI=1S/C13H19FN2/c1-10-5-4-8-13(10,9-15)16-12-7-3-2-6-11(12)14/h2-3,6-7,10,16H,4-5,8-9,15H2,1H3. The van der Waals surface area contributed by atoms with Crippen molar-refractivity contribution in [2.24, 2.45) is 11.7 Å². The number of anilines is 1. The van der Waals surface area contributed by atoms with E-state index in [0.717, 1.165) is 6.42 Å². The maximum atomic E-state index is 13.6. The SMILES string of the molecule is CC1CCCC1(CN)Nc1ccccc1F. The van der Waals surface area contributed by atoms with E-state index in [1.54, 1.807) is 12.1 Å². The van der Waals surface area contributed by atoms with E-state index >= 15 is 0 Å². The summed E-state index contributed by atoms with van der Waals surface area (Å²) in [6.45, 7) is 2.75. The quantitative estimate of drug-likeness (QED) is 0.825. The molecule has 0 bridgehead atoms. The fourth-order valence-electron chi connectivity index (χ4n) is 2.62. The average Bonchev–Trinajstić information content (AvgIpc) is 2.64. The first-order valence-corrected chi connectivity index (χ1v) is 5.91. The summed E-state index contributed by atoms with van der Waals surface area (Å²) in [6.07, 6.45) is 3.36. The van der Waals surface area contributed by atoms with Crippen molar-refractivity contribution in [1.82, 2.24) is 0 Å². The molecule has 2 rings (SSSR count). The van der Waals surface area contributed by atoms with Crippen molar-refractivity contribution in [3.8, 4) is 0 Å². The topological polar surface area (TPSA) is 38.0 Å². The predicted molar refractivity (Wildman–Crippen MR) is 64.8 cm³/mol. The lowest BCUT2D eigenvalue weighted by Gasteiger charge is -2.35. The zero-order valence-electron chi connectivity index (χ0n) is 9.67. The molecule has 16 heavy (non-hydrogen) atoms. The molecule has 0 radical (unpaired) electrons. The first-order valence-electron chi connectivity index (χ1n) is 5.91. The first kappa shape index (κ1) is 11.4. The Labute approximate surface area is 96.0 Å². The molecule has 0 saturated heterocycles. The van der Waals surface area contributed by atoms with Crippen LogP contribution in [-0.2, 0) is 0 Å². The summed E-state index contributed by atoms with van der Waals surface area (Å²) in [5, 5.41) is 3.32. The van der Waals surface area contributed by atoms with Gasteiger partial charge in [0.25, 0.3) is 0 Å². The van der Waals surface area contributed by atoms with Gasteiger partial charge in [0.15, 0.2) is 0 Å². The van der Waals surface area contributed by atoms with E-state index in [1.807, 2.05) is 6.07 Å². The van der Waals surface area contributed by atoms with Crippen molar-refractivity contribution in [1.29, 1.82) is 0 Å². The van der Waals surface area contributed by atoms with Crippen molar-refractivity contribution in [3.05, 3.63) is 30.1 Å². The summed E-state index contributed by atoms with van der Waals surface area (Å²) < 4.78 is 13.6. The molecule has 0 aliphatic heterocycles. The number of nitrogens with two attached hydrogens (primary N) is 1. The Morgan fingerprint density at radius 2 is 2.25 bits per heavy atom. The van der Waals surface area contributed by atoms with E-state index in [2.05, 4.69) is 12.2 Å². The third-order valence-corrected chi connectivity index (χ3v) is 3.83. The summed E-state index contributed by atoms with van der Waals surface area (Å²) >= 11 is 0. The van der Waals surface area contributed by atoms with E-state index in [-0.39, 0.29) is 11.4 Å². The van der Waals surface area contributed by atoms with Crippen LogP contribution in [0.4, 0.5) is 10.1 Å². The van der Waals surface area contributed by atoms with Crippen LogP contribution in [0.3, 0.4) is 0 Å². The van der Waals surface area contributed by atoms with E-state index in [9.17, 15) is 4.39 Å². The monoisotopic (exact) mass is 222 g/mol. The second-order valence-electron chi connectivity index (χ2n) is 4.76. The highest BCUT2D eigenvalue weighted by atomic mass is 19.1. The molecule has 0 aromatic heterocycles. The average molecular weight is 222 g/mol. The predicted octanol–water partition coefficient (Wildman–Crippen LogP) is 2.76. The van der Waals surface area contributed by atoms with Gasteiger partial charge in [-0.25, -0.2) is 4.39 Å². The summed E-state index contributed by atoms with van der Waals surface area (Å²) in [4.78, 5) is 0. The molecule has 3 N–H and O–H groups in total. The van der Waals surface area contributed by atoms with Crippen molar-refractivity contribution in [2.75, 3.05) is 11.9 Å². The fraction of sp³-hybridized carbons (Fsp3) is 0.538. The maximum Gasteiger partial charge on any atom is 0.146 e. The van der Waals surface area contributed by atoms with Crippen molar-refractivity contribution in [3.63, 3.8) is 0 Å². The maximum absolute atomic E-state index is 13.6. The third-order valence-electron chi connectivity index (χ3n) is 3.83. The Hall–Kier alpha value is -1.09. The molecule has 3 heteroatoms. The zero-order chi connectivity index (χ0) is 11.6. The first-order chi connectivity index (χ1) is 7.68. The van der Waals surface area contributed by atoms with Crippen LogP contribution in [0.15, 0.2) is 24.3 Å². The Bertz CT molecular complexity index is 367. The molecule has 0 spiro atoms. The van der Waals surface area contributed by atoms with Gasteiger partial charge in [0.2, 0.25) is 0 Å². The van der Waals surface area contributed by atoms with Gasteiger partial charge in [-0.15, -0.1) is 0 Å². The summed E-state index contributed by atoms with van der Waals surface area (Å²) in [5.41, 5.74) is 6.32. The number of hydrogen-bond acceptors (Lipinski definition) is 2. The lowest BCUT2D eigenvalue weighted by Crippen LogP contribution is -2.47. The van der Waals surface area contributed by atoms with E-state index in [4.69, 9.17) is 5.73 Å². The Kier molecular flexibility index (Phi) is 3.15. The fourth-order valence-corrected chi connectivity index (χ4v) is 2.62. The molecule has 2 nitrogen and oxygen atoms in total. The van der Waals surface area contributed by atoms with Gasteiger partial charge in [0.05, 0.1) is 11.2 Å². The van der Waals surface area contributed by atoms with Gasteiger partial charge in [-0.2, -0.15) is 0 Å². The number of benzene rings is 1. The number of para-hydroxylation sites is 1. The van der Waals surface area contributed by atoms with Gasteiger partial charge in [0.1, 0.15) is 5.82 Å². The minimum atomic E-state index is -0.200. The lowest BCUT2D eigenvalue weighted by molar-refractivity contribution is 0.380. The Morgan fingerprint density at radius 3 is 2.81 bits per heavy atom. The number of hydrogen-bond donors (Lipinski definition) is 2. The second kappa shape index (κ2) is 4.42. The highest BCUT2D eigenvalue weighted by Gasteiger charge is 2.39. The molecular formula is C13H19FN2. The second-order valence-corrected chi connectivity index (χ2v) is 4.76. The number of halogens is 1. The molecule has 1 aromatic rings. The highest BCUT2D eigenvalue weighted by molar-refractivity contribution is 5.47. The van der Waals surface area contributed by atoms with E-state index in [1.165, 1.54) is 18.9 Å². The van der Waals surface area contributed by atoms with Crippen LogP contribution in [0.1, 0.15) is 26.2 Å². The summed E-state index contributed by atoms with van der Waals surface area (Å²) in [5.74, 6) is 0.298. The molecule has 0 amide bonds. The molecule has 88 valence electrons. The summed E-state index contributed by atoms with van der Waals surface area (Å²) in [6, 6.07) is 6.80. The molecule has 1 aromatic carbocycles. The van der Waals surface area contributed by atoms with Crippen LogP contribution < -0.4 is 11.1 Å². The van der Waals surface area contributed by atoms with Gasteiger partial charge in [-0.1, -0.05) is 25.5 Å². The Balaban J connectivity index is 2.22. The van der Waals surface area contributed by atoms with Gasteiger partial charge in [0, 0.05) is 6.54 Å². The highest BCUT2D eigenvalue weighted by Crippen LogP contribution is 2.37. The van der Waals surface area contributed by atoms with E-state index < -0.39 is 0 Å². The molecule has 1 fully saturated rings. The van der Waals surface area contributed by atoms with Crippen LogP contribution >= 0.6 is 0 Å². The van der Waals surface area contributed by atoms with Gasteiger partial charge >= 0.3 is 0 Å². The van der Waals surface area contributed by atoms with Crippen LogP contribution in [0.25, 0.3) is 0 Å². The van der Waals surface area contributed by atoms with Gasteiger partial charge < -0.3 is 11.1 Å². The molecule has 0 heterocycles. The van der Waals surface area contributed by atoms with Crippen LogP contribution in [0, 0.1) is 11.7 Å². The van der Waals surface area contributed by atoms with Crippen LogP contribution in [0.2, 0.25) is 0 Å². The minimum absolute atomic E-state index is 0.123. The van der Waals surface area contributed by atoms with Crippen molar-refractivity contribution >= 4 is 5.69 Å². The third kappa shape index (κ3) is 1.92. The molecule has 2 atom stereocenters. The van der Waals surface area contributed by atoms with Crippen LogP contribution in [-0.4, -0.2) is 12.1 Å². The van der Waals surface area contributed by atoms with Crippen molar-refractivity contribution < 1.29 is 4.39 Å². The normalized spacial score (nSPS) is 29.3. The van der Waals surface area contributed by atoms with E-state index in [0.29, 0.717) is 18.2 Å². The van der Waals surface area contributed by atoms with Gasteiger partial charge in [-0.05, 0) is 30.9 Å². The molecule has 1 aliphatic carbocycles. The molecule has 1 saturated carbocycles. The number of rotatable bonds is 3. The van der Waals surface area contributed by atoms with Gasteiger partial charge in [-0.3, -0.25) is 0 Å². The molecule has 2 unspecified atom stereocenters. The van der Waals surface area contributed by atoms with Crippen LogP contribution in [0.5, 0.6) is 0 Å². The Morgan fingerprint density at radius 1 is 1.50 bits per heavy atom. The molecule has 1 aliphatic rings. The van der Waals surface area contributed by atoms with Crippen molar-refractivity contribution in [2.45, 2.75) is 31.7 Å². The largest absolute Gasteiger partial charge is 0.376 e. The minimum Gasteiger partial charge on any atom is -0.376 e. The molecular weight excluding hydrogens is 203 g/mol. The smallest absolute Gasteiger partial charge is 0.146 e. The summed E-state index contributed by atoms with van der Waals surface area (Å²) in [7, 11) is 0.